The first-order chi connectivity index (χ1) is 13.0. The average Bonchev–Trinajstić information content (AvgIpc) is 3.24. The van der Waals surface area contributed by atoms with Crippen molar-refractivity contribution < 1.29 is 4.79 Å². The van der Waals surface area contributed by atoms with Crippen LogP contribution in [-0.2, 0) is 6.54 Å². The summed E-state index contributed by atoms with van der Waals surface area (Å²) in [6, 6.07) is 11.5. The van der Waals surface area contributed by atoms with Crippen molar-refractivity contribution in [3.63, 3.8) is 0 Å². The van der Waals surface area contributed by atoms with Gasteiger partial charge in [-0.25, -0.2) is 14.2 Å². The minimum Gasteiger partial charge on any atom is -0.304 e. The Hall–Kier alpha value is -3.07. The Bertz CT molecular complexity index is 1150. The monoisotopic (exact) mass is 425 g/mol. The van der Waals surface area contributed by atoms with E-state index in [0.717, 1.165) is 21.4 Å². The first-order valence-electron chi connectivity index (χ1n) is 8.29. The predicted octanol–water partition coefficient (Wildman–Crippen LogP) is 3.00. The smallest absolute Gasteiger partial charge is 0.296 e. The zero-order chi connectivity index (χ0) is 19.0. The van der Waals surface area contributed by atoms with Crippen LogP contribution in [0.15, 0.2) is 47.1 Å². The molecule has 0 bridgehead atoms. The van der Waals surface area contributed by atoms with E-state index in [1.807, 2.05) is 44.2 Å². The van der Waals surface area contributed by atoms with Crippen LogP contribution < -0.4 is 5.32 Å². The Morgan fingerprint density at radius 3 is 2.81 bits per heavy atom. The van der Waals surface area contributed by atoms with Crippen LogP contribution in [0.2, 0.25) is 0 Å². The van der Waals surface area contributed by atoms with Crippen molar-refractivity contribution in [2.45, 2.75) is 20.4 Å². The summed E-state index contributed by atoms with van der Waals surface area (Å²) in [5, 5.41) is 11.4. The van der Waals surface area contributed by atoms with E-state index in [-0.39, 0.29) is 5.82 Å². The van der Waals surface area contributed by atoms with Crippen molar-refractivity contribution in [1.29, 1.82) is 0 Å². The zero-order valence-corrected chi connectivity index (χ0v) is 16.3. The van der Waals surface area contributed by atoms with Gasteiger partial charge >= 0.3 is 0 Å². The maximum absolute atomic E-state index is 12.6. The van der Waals surface area contributed by atoms with E-state index in [0.29, 0.717) is 18.1 Å². The topological polar surface area (TPSA) is 90.0 Å². The van der Waals surface area contributed by atoms with Crippen molar-refractivity contribution in [1.82, 2.24) is 29.4 Å². The molecule has 0 saturated carbocycles. The summed E-state index contributed by atoms with van der Waals surface area (Å²) in [4.78, 5) is 21.2. The number of amides is 1. The van der Waals surface area contributed by atoms with Crippen molar-refractivity contribution in [3.05, 3.63) is 69.8 Å². The molecule has 9 heteroatoms. The summed E-state index contributed by atoms with van der Waals surface area (Å²) in [6.45, 7) is 4.29. The molecule has 0 aliphatic rings. The van der Waals surface area contributed by atoms with Gasteiger partial charge in [0.25, 0.3) is 11.7 Å². The molecule has 3 aromatic heterocycles. The second-order valence-electron chi connectivity index (χ2n) is 6.11. The minimum absolute atomic E-state index is 0.0600. The number of aromatic nitrogens is 6. The van der Waals surface area contributed by atoms with Crippen molar-refractivity contribution in [2.24, 2.45) is 0 Å². The van der Waals surface area contributed by atoms with E-state index < -0.39 is 5.91 Å². The second-order valence-corrected chi connectivity index (χ2v) is 6.96. The maximum atomic E-state index is 12.6. The lowest BCUT2D eigenvalue weighted by Gasteiger charge is -2.09. The summed E-state index contributed by atoms with van der Waals surface area (Å²) >= 11 is 3.53. The Labute approximate surface area is 163 Å². The van der Waals surface area contributed by atoms with Crippen LogP contribution in [0.25, 0.3) is 5.78 Å². The zero-order valence-electron chi connectivity index (χ0n) is 14.7. The SMILES string of the molecule is Cc1cc(C)n2nc(C(=O)Nc3ccnn3Cc3ccccc3Br)nc2n1. The van der Waals surface area contributed by atoms with Crippen LogP contribution in [0.5, 0.6) is 0 Å². The lowest BCUT2D eigenvalue weighted by Crippen LogP contribution is -2.17. The molecule has 0 radical (unpaired) electrons. The van der Waals surface area contributed by atoms with Gasteiger partial charge in [0.15, 0.2) is 0 Å². The van der Waals surface area contributed by atoms with Gasteiger partial charge in [0.05, 0.1) is 12.7 Å². The van der Waals surface area contributed by atoms with Gasteiger partial charge in [-0.1, -0.05) is 34.1 Å². The fourth-order valence-corrected chi connectivity index (χ4v) is 3.20. The van der Waals surface area contributed by atoms with Crippen LogP contribution in [0, 0.1) is 13.8 Å². The molecule has 4 aromatic rings. The van der Waals surface area contributed by atoms with Gasteiger partial charge in [-0.3, -0.25) is 4.79 Å². The molecule has 0 unspecified atom stereocenters. The van der Waals surface area contributed by atoms with E-state index in [1.54, 1.807) is 21.5 Å². The minimum atomic E-state index is -0.411. The second kappa shape index (κ2) is 6.92. The highest BCUT2D eigenvalue weighted by Gasteiger charge is 2.17. The third kappa shape index (κ3) is 3.45. The molecule has 0 spiro atoms. The number of hydrogen-bond acceptors (Lipinski definition) is 5. The molecule has 1 N–H and O–H groups in total. The Morgan fingerprint density at radius 1 is 1.19 bits per heavy atom. The molecule has 0 fully saturated rings. The molecule has 0 atom stereocenters. The largest absolute Gasteiger partial charge is 0.304 e. The molecule has 136 valence electrons. The molecule has 0 aliphatic carbocycles. The van der Waals surface area contributed by atoms with Crippen LogP contribution in [-0.4, -0.2) is 35.3 Å². The molecule has 8 nitrogen and oxygen atoms in total. The number of rotatable bonds is 4. The van der Waals surface area contributed by atoms with E-state index in [1.165, 1.54) is 0 Å². The molecule has 0 aliphatic heterocycles. The van der Waals surface area contributed by atoms with Gasteiger partial charge in [-0.15, -0.1) is 5.10 Å². The third-order valence-electron chi connectivity index (χ3n) is 4.06. The first kappa shape index (κ1) is 17.3. The van der Waals surface area contributed by atoms with Crippen LogP contribution >= 0.6 is 15.9 Å². The highest BCUT2D eigenvalue weighted by atomic mass is 79.9. The Balaban J connectivity index is 1.58. The number of anilines is 1. The predicted molar refractivity (Wildman–Crippen MR) is 104 cm³/mol. The van der Waals surface area contributed by atoms with Gasteiger partial charge in [-0.2, -0.15) is 10.1 Å². The highest BCUT2D eigenvalue weighted by molar-refractivity contribution is 9.10. The van der Waals surface area contributed by atoms with Crippen molar-refractivity contribution >= 4 is 33.4 Å². The molecular formula is C18H16BrN7O. The lowest BCUT2D eigenvalue weighted by molar-refractivity contribution is 0.101. The van der Waals surface area contributed by atoms with E-state index in [9.17, 15) is 4.79 Å². The summed E-state index contributed by atoms with van der Waals surface area (Å²) in [6.07, 6.45) is 1.64. The van der Waals surface area contributed by atoms with Gasteiger partial charge in [0, 0.05) is 21.9 Å². The Morgan fingerprint density at radius 2 is 2.00 bits per heavy atom. The summed E-state index contributed by atoms with van der Waals surface area (Å²) in [7, 11) is 0. The first-order valence-corrected chi connectivity index (χ1v) is 9.08. The van der Waals surface area contributed by atoms with Crippen molar-refractivity contribution in [3.8, 4) is 0 Å². The molecule has 27 heavy (non-hydrogen) atoms. The number of carbonyl (C=O) groups is 1. The number of benzene rings is 1. The fraction of sp³-hybridized carbons (Fsp3) is 0.167. The number of hydrogen-bond donors (Lipinski definition) is 1. The normalized spacial score (nSPS) is 11.1. The summed E-state index contributed by atoms with van der Waals surface area (Å²) in [5.41, 5.74) is 2.74. The number of carbonyl (C=O) groups excluding carboxylic acids is 1. The number of fused-ring (bicyclic) bond motifs is 1. The van der Waals surface area contributed by atoms with Gasteiger partial charge in [0.2, 0.25) is 5.82 Å². The molecule has 4 rings (SSSR count). The maximum Gasteiger partial charge on any atom is 0.296 e. The van der Waals surface area contributed by atoms with Gasteiger partial charge in [-0.05, 0) is 31.5 Å². The quantitative estimate of drug-likeness (QED) is 0.542. The standard InChI is InChI=1S/C18H16BrN7O/c1-11-9-12(2)26-18(21-11)23-16(24-26)17(27)22-15-7-8-20-25(15)10-13-5-3-4-6-14(13)19/h3-9H,10H2,1-2H3,(H,22,27). The van der Waals surface area contributed by atoms with Crippen molar-refractivity contribution in [2.75, 3.05) is 5.32 Å². The molecular weight excluding hydrogens is 410 g/mol. The number of aryl methyl sites for hydroxylation is 2. The number of nitrogens with one attached hydrogen (secondary N) is 1. The highest BCUT2D eigenvalue weighted by Crippen LogP contribution is 2.19. The van der Waals surface area contributed by atoms with Gasteiger partial charge in [0.1, 0.15) is 5.82 Å². The number of halogens is 1. The van der Waals surface area contributed by atoms with E-state index >= 15 is 0 Å². The lowest BCUT2D eigenvalue weighted by atomic mass is 10.2. The molecule has 1 amide bonds. The number of nitrogens with zero attached hydrogens (tertiary/aromatic N) is 6. The van der Waals surface area contributed by atoms with Crippen LogP contribution in [0.3, 0.4) is 0 Å². The van der Waals surface area contributed by atoms with Crippen LogP contribution in [0.1, 0.15) is 27.6 Å². The molecule has 1 aromatic carbocycles. The molecule has 3 heterocycles. The fourth-order valence-electron chi connectivity index (χ4n) is 2.79. The summed E-state index contributed by atoms with van der Waals surface area (Å²) < 4.78 is 4.25. The summed E-state index contributed by atoms with van der Waals surface area (Å²) in [5.74, 6) is 0.617. The average molecular weight is 426 g/mol. The van der Waals surface area contributed by atoms with E-state index in [2.05, 4.69) is 41.4 Å². The third-order valence-corrected chi connectivity index (χ3v) is 4.83. The van der Waals surface area contributed by atoms with E-state index in [4.69, 9.17) is 0 Å². The van der Waals surface area contributed by atoms with Gasteiger partial charge < -0.3 is 5.32 Å². The van der Waals surface area contributed by atoms with Crippen LogP contribution in [0.4, 0.5) is 5.82 Å². The molecule has 0 saturated heterocycles. The Kier molecular flexibility index (Phi) is 4.44.